The van der Waals surface area contributed by atoms with Crippen molar-refractivity contribution in [2.75, 3.05) is 41.0 Å². The highest BCUT2D eigenvalue weighted by atomic mass is 16.6. The van der Waals surface area contributed by atoms with Gasteiger partial charge >= 0.3 is 11.9 Å². The SMILES string of the molecule is CC/C=C/C=C/C=C/C=C/C=C/C=C/CCCCCC(=O)OC(COCCC(C(=O)[O-])[N+](C)(C)C)COC(=O)CCCCCCCC/C=C/C/C=C/C/C=C/C/C=C/C/C=C/CC. The molecule has 0 radical (unpaired) electrons. The van der Waals surface area contributed by atoms with Crippen LogP contribution in [0.4, 0.5) is 0 Å². The van der Waals surface area contributed by atoms with Crippen molar-refractivity contribution in [2.45, 2.75) is 154 Å². The van der Waals surface area contributed by atoms with Gasteiger partial charge in [0.15, 0.2) is 6.10 Å². The number of carbonyl (C=O) groups excluding carboxylic acids is 3. The summed E-state index contributed by atoms with van der Waals surface area (Å²) in [5.74, 6) is -1.83. The predicted molar refractivity (Wildman–Crippen MR) is 263 cm³/mol. The zero-order chi connectivity index (χ0) is 46.3. The van der Waals surface area contributed by atoms with E-state index in [0.717, 1.165) is 89.9 Å². The Balaban J connectivity index is 4.43. The number of carboxylic acid groups (broad SMARTS) is 1. The molecule has 0 spiro atoms. The number of likely N-dealkylation sites (N-methyl/N-ethyl adjacent to an activating group) is 1. The smallest absolute Gasteiger partial charge is 0.306 e. The molecule has 0 saturated carbocycles. The first-order valence-electron chi connectivity index (χ1n) is 23.8. The Morgan fingerprint density at radius 2 is 0.921 bits per heavy atom. The van der Waals surface area contributed by atoms with Crippen LogP contribution in [0.3, 0.4) is 0 Å². The van der Waals surface area contributed by atoms with Crippen molar-refractivity contribution >= 4 is 17.9 Å². The quantitative estimate of drug-likeness (QED) is 0.0199. The number of nitrogens with zero attached hydrogens (tertiary/aromatic N) is 1. The van der Waals surface area contributed by atoms with E-state index in [1.165, 1.54) is 12.8 Å². The van der Waals surface area contributed by atoms with Gasteiger partial charge in [-0.15, -0.1) is 0 Å². The molecule has 0 N–H and O–H groups in total. The highest BCUT2D eigenvalue weighted by Gasteiger charge is 2.25. The van der Waals surface area contributed by atoms with Gasteiger partial charge in [0, 0.05) is 19.3 Å². The van der Waals surface area contributed by atoms with E-state index in [9.17, 15) is 19.5 Å². The molecule has 0 aromatic rings. The molecule has 0 rings (SSSR count). The first-order chi connectivity index (χ1) is 30.6. The molecule has 0 amide bonds. The number of allylic oxidation sites excluding steroid dienone is 22. The summed E-state index contributed by atoms with van der Waals surface area (Å²) < 4.78 is 17.1. The summed E-state index contributed by atoms with van der Waals surface area (Å²) in [5, 5.41) is 11.6. The van der Waals surface area contributed by atoms with Crippen LogP contribution in [-0.4, -0.2) is 75.5 Å². The molecular formula is C55H85NO7. The molecule has 8 heteroatoms. The zero-order valence-electron chi connectivity index (χ0n) is 39.9. The fraction of sp³-hybridized carbons (Fsp3) is 0.545. The first kappa shape index (κ1) is 58.5. The number of esters is 2. The fourth-order valence-corrected chi connectivity index (χ4v) is 6.07. The molecule has 0 bridgehead atoms. The third kappa shape index (κ3) is 42.5. The number of carbonyl (C=O) groups is 3. The lowest BCUT2D eigenvalue weighted by Gasteiger charge is -2.34. The molecule has 0 fully saturated rings. The van der Waals surface area contributed by atoms with Gasteiger partial charge in [0.2, 0.25) is 0 Å². The molecule has 2 unspecified atom stereocenters. The monoisotopic (exact) mass is 872 g/mol. The Kier molecular flexibility index (Phi) is 40.9. The van der Waals surface area contributed by atoms with Crippen LogP contribution < -0.4 is 5.11 Å². The Labute approximate surface area is 383 Å². The van der Waals surface area contributed by atoms with E-state index < -0.39 is 18.1 Å². The van der Waals surface area contributed by atoms with E-state index in [1.807, 2.05) is 60.8 Å². The molecular weight excluding hydrogens is 787 g/mol. The van der Waals surface area contributed by atoms with E-state index in [-0.39, 0.29) is 49.1 Å². The second-order valence-electron chi connectivity index (χ2n) is 16.4. The van der Waals surface area contributed by atoms with Crippen LogP contribution >= 0.6 is 0 Å². The maximum atomic E-state index is 12.7. The third-order valence-electron chi connectivity index (χ3n) is 9.69. The Morgan fingerprint density at radius 1 is 0.492 bits per heavy atom. The molecule has 352 valence electrons. The molecule has 0 aliphatic rings. The van der Waals surface area contributed by atoms with Crippen molar-refractivity contribution < 1.29 is 38.2 Å². The minimum Gasteiger partial charge on any atom is -0.544 e. The van der Waals surface area contributed by atoms with Gasteiger partial charge in [-0.3, -0.25) is 9.59 Å². The number of carboxylic acids is 1. The molecule has 63 heavy (non-hydrogen) atoms. The zero-order valence-corrected chi connectivity index (χ0v) is 39.9. The van der Waals surface area contributed by atoms with Gasteiger partial charge in [0.05, 0.1) is 40.3 Å². The molecule has 2 atom stereocenters. The summed E-state index contributed by atoms with van der Waals surface area (Å²) in [6.07, 6.45) is 63.3. The van der Waals surface area contributed by atoms with Crippen LogP contribution in [0.1, 0.15) is 142 Å². The Hall–Kier alpha value is -4.53. The average Bonchev–Trinajstić information content (AvgIpc) is 3.24. The van der Waals surface area contributed by atoms with Crippen LogP contribution in [0.15, 0.2) is 134 Å². The maximum absolute atomic E-state index is 12.7. The van der Waals surface area contributed by atoms with E-state index in [0.29, 0.717) is 12.8 Å². The second-order valence-corrected chi connectivity index (χ2v) is 16.4. The van der Waals surface area contributed by atoms with Crippen molar-refractivity contribution in [1.82, 2.24) is 0 Å². The van der Waals surface area contributed by atoms with Crippen LogP contribution in [0.25, 0.3) is 0 Å². The third-order valence-corrected chi connectivity index (χ3v) is 9.69. The number of quaternary nitrogens is 1. The molecule has 0 aliphatic carbocycles. The summed E-state index contributed by atoms with van der Waals surface area (Å²) in [5.41, 5.74) is 0. The summed E-state index contributed by atoms with van der Waals surface area (Å²) in [7, 11) is 5.37. The lowest BCUT2D eigenvalue weighted by Crippen LogP contribution is -2.55. The minimum atomic E-state index is -1.14. The highest BCUT2D eigenvalue weighted by molar-refractivity contribution is 5.70. The first-order valence-corrected chi connectivity index (χ1v) is 23.8. The fourth-order valence-electron chi connectivity index (χ4n) is 6.07. The summed E-state index contributed by atoms with van der Waals surface area (Å²) in [6, 6.07) is -0.747. The van der Waals surface area contributed by atoms with Crippen molar-refractivity contribution in [1.29, 1.82) is 0 Å². The van der Waals surface area contributed by atoms with Gasteiger partial charge in [-0.25, -0.2) is 0 Å². The van der Waals surface area contributed by atoms with Crippen LogP contribution in [0.5, 0.6) is 0 Å². The van der Waals surface area contributed by atoms with Gasteiger partial charge in [0.1, 0.15) is 12.6 Å². The number of rotatable bonds is 40. The van der Waals surface area contributed by atoms with E-state index in [1.54, 1.807) is 21.1 Å². The van der Waals surface area contributed by atoms with Gasteiger partial charge < -0.3 is 28.6 Å². The molecule has 0 aliphatic heterocycles. The number of unbranched alkanes of at least 4 members (excludes halogenated alkanes) is 9. The van der Waals surface area contributed by atoms with Crippen molar-refractivity contribution in [3.63, 3.8) is 0 Å². The van der Waals surface area contributed by atoms with Crippen molar-refractivity contribution in [3.8, 4) is 0 Å². The summed E-state index contributed by atoms with van der Waals surface area (Å²) >= 11 is 0. The molecule has 0 saturated heterocycles. The molecule has 8 nitrogen and oxygen atoms in total. The largest absolute Gasteiger partial charge is 0.544 e. The topological polar surface area (TPSA) is 102 Å². The average molecular weight is 872 g/mol. The van der Waals surface area contributed by atoms with Crippen LogP contribution in [0, 0.1) is 0 Å². The lowest BCUT2D eigenvalue weighted by molar-refractivity contribution is -0.889. The maximum Gasteiger partial charge on any atom is 0.306 e. The normalized spacial score (nSPS) is 14.1. The van der Waals surface area contributed by atoms with Crippen molar-refractivity contribution in [3.05, 3.63) is 134 Å². The Bertz CT molecular complexity index is 1480. The Morgan fingerprint density at radius 3 is 1.44 bits per heavy atom. The lowest BCUT2D eigenvalue weighted by atomic mass is 10.1. The van der Waals surface area contributed by atoms with Gasteiger partial charge in [-0.1, -0.05) is 180 Å². The number of aliphatic carboxylic acids is 1. The standard InChI is InChI=1S/C55H85NO7/c1-6-8-10-12-14-16-18-20-22-24-25-26-27-28-30-31-33-35-37-39-41-43-45-53(57)62-50-51(49-61-48-47-52(55(59)60)56(3,4)5)63-54(58)46-44-42-40-38-36-34-32-29-23-21-19-17-15-13-11-9-7-2/h8-11,13-17,19-23,25-26,28-30,32,34,36,51-52H,6-7,12,18,24,27,31,33,35,37-50H2,1-5H3/b10-8+,11-9+,15-13+,16-14+,19-17+,22-20+,23-21+,26-25+,30-28+,32-29+,36-34+. The van der Waals surface area contributed by atoms with Crippen molar-refractivity contribution in [2.24, 2.45) is 0 Å². The van der Waals surface area contributed by atoms with E-state index in [2.05, 4.69) is 86.8 Å². The second kappa shape index (κ2) is 44.1. The highest BCUT2D eigenvalue weighted by Crippen LogP contribution is 2.12. The number of ether oxygens (including phenoxy) is 3. The predicted octanol–water partition coefficient (Wildman–Crippen LogP) is 12.2. The summed E-state index contributed by atoms with van der Waals surface area (Å²) in [4.78, 5) is 37.0. The summed E-state index contributed by atoms with van der Waals surface area (Å²) in [6.45, 7) is 4.31. The number of hydrogen-bond donors (Lipinski definition) is 0. The van der Waals surface area contributed by atoms with Gasteiger partial charge in [-0.2, -0.15) is 0 Å². The van der Waals surface area contributed by atoms with E-state index in [4.69, 9.17) is 14.2 Å². The number of hydrogen-bond acceptors (Lipinski definition) is 7. The van der Waals surface area contributed by atoms with Crippen LogP contribution in [-0.2, 0) is 28.6 Å². The van der Waals surface area contributed by atoms with Gasteiger partial charge in [0.25, 0.3) is 0 Å². The van der Waals surface area contributed by atoms with E-state index >= 15 is 0 Å². The molecule has 0 heterocycles. The van der Waals surface area contributed by atoms with Crippen LogP contribution in [0.2, 0.25) is 0 Å². The minimum absolute atomic E-state index is 0.00698. The van der Waals surface area contributed by atoms with Gasteiger partial charge in [-0.05, 0) is 77.0 Å². The molecule has 0 aromatic heterocycles. The molecule has 0 aromatic carbocycles.